The van der Waals surface area contributed by atoms with Crippen molar-refractivity contribution < 1.29 is 9.52 Å². The molecule has 0 radical (unpaired) electrons. The molecule has 0 saturated carbocycles. The van der Waals surface area contributed by atoms with E-state index in [9.17, 15) is 5.11 Å². The number of hydrogen-bond donors (Lipinski definition) is 1. The van der Waals surface area contributed by atoms with Crippen molar-refractivity contribution in [1.82, 2.24) is 0 Å². The van der Waals surface area contributed by atoms with Crippen molar-refractivity contribution in [2.45, 2.75) is 32.3 Å². The maximum atomic E-state index is 10.3. The lowest BCUT2D eigenvalue weighted by Crippen LogP contribution is -2.00. The summed E-state index contributed by atoms with van der Waals surface area (Å²) in [4.78, 5) is 0. The fraction of sp³-hybridized carbons (Fsp3) is 0.333. The molecule has 1 aromatic heterocycles. The Labute approximate surface area is 101 Å². The van der Waals surface area contributed by atoms with E-state index in [4.69, 9.17) is 4.42 Å². The number of aliphatic hydroxyl groups excluding tert-OH is 1. The monoisotopic (exact) mass is 228 g/mol. The zero-order valence-corrected chi connectivity index (χ0v) is 9.94. The number of hydrogen-bond acceptors (Lipinski definition) is 2. The Morgan fingerprint density at radius 2 is 2.00 bits per heavy atom. The fourth-order valence-electron chi connectivity index (χ4n) is 2.58. The van der Waals surface area contributed by atoms with E-state index in [0.29, 0.717) is 5.76 Å². The van der Waals surface area contributed by atoms with Crippen LogP contribution >= 0.6 is 0 Å². The molecule has 1 unspecified atom stereocenters. The number of aryl methyl sites for hydroxylation is 3. The van der Waals surface area contributed by atoms with Gasteiger partial charge in [0.1, 0.15) is 11.9 Å². The van der Waals surface area contributed by atoms with Crippen molar-refractivity contribution in [1.29, 1.82) is 0 Å². The van der Waals surface area contributed by atoms with Gasteiger partial charge in [-0.3, -0.25) is 0 Å². The molecule has 0 amide bonds. The third-order valence-corrected chi connectivity index (χ3v) is 3.59. The molecule has 1 heterocycles. The Kier molecular flexibility index (Phi) is 2.52. The van der Waals surface area contributed by atoms with Gasteiger partial charge in [0.25, 0.3) is 0 Å². The average Bonchev–Trinajstić information content (AvgIpc) is 2.95. The van der Waals surface area contributed by atoms with Crippen LogP contribution in [0.3, 0.4) is 0 Å². The maximum absolute atomic E-state index is 10.3. The summed E-state index contributed by atoms with van der Waals surface area (Å²) >= 11 is 0. The van der Waals surface area contributed by atoms with Crippen molar-refractivity contribution in [3.8, 4) is 0 Å². The molecule has 2 heteroatoms. The molecule has 17 heavy (non-hydrogen) atoms. The van der Waals surface area contributed by atoms with Crippen LogP contribution in [0.5, 0.6) is 0 Å². The number of aliphatic hydroxyl groups is 1. The van der Waals surface area contributed by atoms with Gasteiger partial charge in [-0.1, -0.05) is 18.2 Å². The molecule has 0 saturated heterocycles. The van der Waals surface area contributed by atoms with E-state index in [2.05, 4.69) is 12.1 Å². The second-order valence-electron chi connectivity index (χ2n) is 4.75. The molecule has 0 bridgehead atoms. The molecule has 0 fully saturated rings. The quantitative estimate of drug-likeness (QED) is 0.856. The van der Waals surface area contributed by atoms with Crippen molar-refractivity contribution in [2.24, 2.45) is 0 Å². The summed E-state index contributed by atoms with van der Waals surface area (Å²) in [5.41, 5.74) is 4.74. The van der Waals surface area contributed by atoms with Crippen LogP contribution in [-0.2, 0) is 12.8 Å². The van der Waals surface area contributed by atoms with Gasteiger partial charge >= 0.3 is 0 Å². The van der Waals surface area contributed by atoms with Gasteiger partial charge in [0.2, 0.25) is 0 Å². The lowest BCUT2D eigenvalue weighted by atomic mass is 10.0. The van der Waals surface area contributed by atoms with Crippen molar-refractivity contribution in [3.05, 3.63) is 58.5 Å². The van der Waals surface area contributed by atoms with Crippen LogP contribution in [-0.4, -0.2) is 5.11 Å². The van der Waals surface area contributed by atoms with Gasteiger partial charge in [0.05, 0.1) is 6.26 Å². The minimum absolute atomic E-state index is 0.643. The first-order valence-electron chi connectivity index (χ1n) is 6.09. The Bertz CT molecular complexity index is 540. The van der Waals surface area contributed by atoms with E-state index < -0.39 is 6.10 Å². The number of rotatable bonds is 2. The summed E-state index contributed by atoms with van der Waals surface area (Å²) in [7, 11) is 0. The highest BCUT2D eigenvalue weighted by Crippen LogP contribution is 2.29. The molecule has 1 aromatic carbocycles. The van der Waals surface area contributed by atoms with Crippen molar-refractivity contribution in [2.75, 3.05) is 0 Å². The standard InChI is InChI=1S/C15H16O2/c1-10-7-8-17-15(10)14(16)13-6-5-11-3-2-4-12(11)9-13/h5-9,14,16H,2-4H2,1H3. The minimum Gasteiger partial charge on any atom is -0.466 e. The molecule has 88 valence electrons. The first kappa shape index (κ1) is 10.6. The molecule has 0 aliphatic heterocycles. The van der Waals surface area contributed by atoms with Crippen LogP contribution in [0.2, 0.25) is 0 Å². The van der Waals surface area contributed by atoms with E-state index in [1.807, 2.05) is 19.1 Å². The van der Waals surface area contributed by atoms with Gasteiger partial charge in [-0.25, -0.2) is 0 Å². The number of furan rings is 1. The summed E-state index contributed by atoms with van der Waals surface area (Å²) in [5, 5.41) is 10.3. The summed E-state index contributed by atoms with van der Waals surface area (Å²) in [5.74, 6) is 0.656. The first-order chi connectivity index (χ1) is 8.25. The van der Waals surface area contributed by atoms with Gasteiger partial charge in [0.15, 0.2) is 0 Å². The van der Waals surface area contributed by atoms with E-state index in [0.717, 1.165) is 17.5 Å². The number of fused-ring (bicyclic) bond motifs is 1. The van der Waals surface area contributed by atoms with Crippen LogP contribution in [0.4, 0.5) is 0 Å². The molecule has 3 rings (SSSR count). The Balaban J connectivity index is 1.97. The van der Waals surface area contributed by atoms with Gasteiger partial charge in [-0.15, -0.1) is 0 Å². The molecule has 1 aliphatic carbocycles. The SMILES string of the molecule is Cc1ccoc1C(O)c1ccc2c(c1)CCC2. The second-order valence-corrected chi connectivity index (χ2v) is 4.75. The summed E-state index contributed by atoms with van der Waals surface area (Å²) < 4.78 is 5.35. The van der Waals surface area contributed by atoms with E-state index in [1.54, 1.807) is 6.26 Å². The second kappa shape index (κ2) is 4.04. The van der Waals surface area contributed by atoms with Gasteiger partial charge in [-0.2, -0.15) is 0 Å². The van der Waals surface area contributed by atoms with Gasteiger partial charge < -0.3 is 9.52 Å². The lowest BCUT2D eigenvalue weighted by molar-refractivity contribution is 0.188. The topological polar surface area (TPSA) is 33.4 Å². The molecular weight excluding hydrogens is 212 g/mol. The normalized spacial score (nSPS) is 15.9. The van der Waals surface area contributed by atoms with Crippen LogP contribution in [0.1, 0.15) is 40.5 Å². The lowest BCUT2D eigenvalue weighted by Gasteiger charge is -2.11. The van der Waals surface area contributed by atoms with Crippen LogP contribution < -0.4 is 0 Å². The summed E-state index contributed by atoms with van der Waals surface area (Å²) in [6.45, 7) is 1.95. The zero-order chi connectivity index (χ0) is 11.8. The van der Waals surface area contributed by atoms with Gasteiger partial charge in [0, 0.05) is 0 Å². The third kappa shape index (κ3) is 1.79. The minimum atomic E-state index is -0.643. The molecule has 1 N–H and O–H groups in total. The predicted molar refractivity (Wildman–Crippen MR) is 66.0 cm³/mol. The molecular formula is C15H16O2. The summed E-state index contributed by atoms with van der Waals surface area (Å²) in [6, 6.07) is 8.15. The molecule has 1 atom stereocenters. The van der Waals surface area contributed by atoms with Gasteiger partial charge in [-0.05, 0) is 54.5 Å². The highest BCUT2D eigenvalue weighted by Gasteiger charge is 2.18. The maximum Gasteiger partial charge on any atom is 0.139 e. The smallest absolute Gasteiger partial charge is 0.139 e. The van der Waals surface area contributed by atoms with Crippen LogP contribution in [0.15, 0.2) is 34.9 Å². The Morgan fingerprint density at radius 1 is 1.18 bits per heavy atom. The predicted octanol–water partition coefficient (Wildman–Crippen LogP) is 3.16. The largest absolute Gasteiger partial charge is 0.466 e. The highest BCUT2D eigenvalue weighted by molar-refractivity contribution is 5.38. The van der Waals surface area contributed by atoms with Crippen LogP contribution in [0.25, 0.3) is 0 Å². The molecule has 2 aromatic rings. The van der Waals surface area contributed by atoms with Crippen LogP contribution in [0, 0.1) is 6.92 Å². The molecule has 0 spiro atoms. The van der Waals surface area contributed by atoms with E-state index in [-0.39, 0.29) is 0 Å². The fourth-order valence-corrected chi connectivity index (χ4v) is 2.58. The summed E-state index contributed by atoms with van der Waals surface area (Å²) in [6.07, 6.45) is 4.52. The van der Waals surface area contributed by atoms with E-state index in [1.165, 1.54) is 24.0 Å². The Morgan fingerprint density at radius 3 is 2.76 bits per heavy atom. The highest BCUT2D eigenvalue weighted by atomic mass is 16.4. The Hall–Kier alpha value is -1.54. The first-order valence-corrected chi connectivity index (χ1v) is 6.09. The number of benzene rings is 1. The molecule has 2 nitrogen and oxygen atoms in total. The zero-order valence-electron chi connectivity index (χ0n) is 9.94. The van der Waals surface area contributed by atoms with E-state index >= 15 is 0 Å². The third-order valence-electron chi connectivity index (χ3n) is 3.59. The molecule has 1 aliphatic rings. The van der Waals surface area contributed by atoms with Crippen molar-refractivity contribution >= 4 is 0 Å². The van der Waals surface area contributed by atoms with Crippen molar-refractivity contribution in [3.63, 3.8) is 0 Å². The average molecular weight is 228 g/mol.